The molecular formula is C21H22N4O2S. The quantitative estimate of drug-likeness (QED) is 0.688. The normalized spacial score (nSPS) is 21.4. The first-order valence-corrected chi connectivity index (χ1v) is 10.5. The zero-order chi connectivity index (χ0) is 19.5. The fourth-order valence-electron chi connectivity index (χ4n) is 4.82. The molecule has 1 aromatic carbocycles. The van der Waals surface area contributed by atoms with E-state index in [2.05, 4.69) is 9.97 Å². The summed E-state index contributed by atoms with van der Waals surface area (Å²) in [6.45, 7) is 5.19. The van der Waals surface area contributed by atoms with E-state index < -0.39 is 0 Å². The monoisotopic (exact) mass is 394 g/mol. The van der Waals surface area contributed by atoms with Crippen molar-refractivity contribution in [3.05, 3.63) is 56.2 Å². The van der Waals surface area contributed by atoms with E-state index in [1.54, 1.807) is 11.3 Å². The summed E-state index contributed by atoms with van der Waals surface area (Å²) in [4.78, 5) is 39.5. The number of nitrogens with zero attached hydrogens (tertiary/aromatic N) is 3. The molecule has 1 N–H and O–H groups in total. The Hall–Kier alpha value is -2.54. The number of benzene rings is 1. The van der Waals surface area contributed by atoms with Crippen molar-refractivity contribution in [2.75, 3.05) is 13.1 Å². The molecule has 0 bridgehead atoms. The van der Waals surface area contributed by atoms with E-state index in [1.165, 1.54) is 0 Å². The molecule has 144 valence electrons. The molecule has 1 fully saturated rings. The number of hydrogen-bond donors (Lipinski definition) is 1. The first kappa shape index (κ1) is 17.6. The summed E-state index contributed by atoms with van der Waals surface area (Å²) in [6, 6.07) is 5.77. The molecule has 1 unspecified atom stereocenters. The molecule has 1 amide bonds. The third kappa shape index (κ3) is 2.68. The number of carbonyl (C=O) groups is 1. The highest BCUT2D eigenvalue weighted by atomic mass is 32.1. The third-order valence-electron chi connectivity index (χ3n) is 6.10. The van der Waals surface area contributed by atoms with E-state index in [0.717, 1.165) is 58.7 Å². The second-order valence-corrected chi connectivity index (χ2v) is 9.24. The number of rotatable bonds is 1. The van der Waals surface area contributed by atoms with Gasteiger partial charge in [-0.1, -0.05) is 0 Å². The molecule has 0 radical (unpaired) electrons. The standard InChI is InChI=1S/C21H22N4O2S/c1-12-22-18-15(19(26)23-12)6-8-21(18)7-3-9-25(11-21)20(27)14-4-5-16-17(10-14)28-13(2)24-16/h4-5,10H,3,6-9,11H2,1-2H3,(H,22,23,26). The molecule has 6 nitrogen and oxygen atoms in total. The Balaban J connectivity index is 1.48. The first-order chi connectivity index (χ1) is 13.4. The molecule has 2 aliphatic rings. The highest BCUT2D eigenvalue weighted by Gasteiger charge is 2.45. The molecule has 1 atom stereocenters. The predicted octanol–water partition coefficient (Wildman–Crippen LogP) is 3.12. The molecule has 0 saturated carbocycles. The van der Waals surface area contributed by atoms with Gasteiger partial charge in [-0.05, 0) is 57.7 Å². The maximum absolute atomic E-state index is 13.3. The van der Waals surface area contributed by atoms with Crippen molar-refractivity contribution in [1.29, 1.82) is 0 Å². The number of aromatic nitrogens is 3. The van der Waals surface area contributed by atoms with Crippen LogP contribution in [0.2, 0.25) is 0 Å². The van der Waals surface area contributed by atoms with E-state index in [4.69, 9.17) is 4.98 Å². The van der Waals surface area contributed by atoms with Crippen molar-refractivity contribution < 1.29 is 4.79 Å². The van der Waals surface area contributed by atoms with Crippen molar-refractivity contribution in [2.24, 2.45) is 0 Å². The van der Waals surface area contributed by atoms with Gasteiger partial charge < -0.3 is 9.88 Å². The summed E-state index contributed by atoms with van der Waals surface area (Å²) < 4.78 is 1.05. The number of carbonyl (C=O) groups excluding carboxylic acids is 1. The van der Waals surface area contributed by atoms with Gasteiger partial charge in [0.15, 0.2) is 0 Å². The number of fused-ring (bicyclic) bond motifs is 3. The summed E-state index contributed by atoms with van der Waals surface area (Å²) in [6.07, 6.45) is 3.54. The van der Waals surface area contributed by atoms with Gasteiger partial charge in [0, 0.05) is 29.6 Å². The minimum absolute atomic E-state index is 0.0196. The van der Waals surface area contributed by atoms with Crippen LogP contribution in [0.4, 0.5) is 0 Å². The van der Waals surface area contributed by atoms with Crippen molar-refractivity contribution in [1.82, 2.24) is 19.9 Å². The number of hydrogen-bond acceptors (Lipinski definition) is 5. The lowest BCUT2D eigenvalue weighted by Crippen LogP contribution is -2.48. The molecular weight excluding hydrogens is 372 g/mol. The highest BCUT2D eigenvalue weighted by Crippen LogP contribution is 2.43. The Morgan fingerprint density at radius 2 is 2.11 bits per heavy atom. The molecule has 1 saturated heterocycles. The van der Waals surface area contributed by atoms with Crippen LogP contribution in [0.3, 0.4) is 0 Å². The minimum atomic E-state index is -0.187. The first-order valence-electron chi connectivity index (χ1n) is 9.72. The molecule has 3 aromatic rings. The predicted molar refractivity (Wildman–Crippen MR) is 109 cm³/mol. The van der Waals surface area contributed by atoms with E-state index in [9.17, 15) is 9.59 Å². The Morgan fingerprint density at radius 3 is 2.96 bits per heavy atom. The Bertz CT molecular complexity index is 1160. The lowest BCUT2D eigenvalue weighted by molar-refractivity contribution is 0.0633. The molecule has 1 spiro atoms. The van der Waals surface area contributed by atoms with Gasteiger partial charge in [-0.2, -0.15) is 0 Å². The third-order valence-corrected chi connectivity index (χ3v) is 7.03. The van der Waals surface area contributed by atoms with Gasteiger partial charge in [0.25, 0.3) is 11.5 Å². The van der Waals surface area contributed by atoms with E-state index in [1.807, 2.05) is 36.9 Å². The number of piperidine rings is 1. The van der Waals surface area contributed by atoms with E-state index >= 15 is 0 Å². The van der Waals surface area contributed by atoms with Crippen LogP contribution in [0.1, 0.15) is 51.7 Å². The van der Waals surface area contributed by atoms with Crippen LogP contribution in [-0.2, 0) is 11.8 Å². The van der Waals surface area contributed by atoms with E-state index in [0.29, 0.717) is 17.9 Å². The molecule has 28 heavy (non-hydrogen) atoms. The largest absolute Gasteiger partial charge is 0.338 e. The van der Waals surface area contributed by atoms with Crippen molar-refractivity contribution in [3.63, 3.8) is 0 Å². The zero-order valence-electron chi connectivity index (χ0n) is 16.0. The molecule has 7 heteroatoms. The molecule has 2 aromatic heterocycles. The SMILES string of the molecule is Cc1nc2c(c(=O)[nH]1)CCC21CCCN(C(=O)c2ccc3nc(C)sc3c2)C1. The maximum Gasteiger partial charge on any atom is 0.254 e. The summed E-state index contributed by atoms with van der Waals surface area (Å²) in [7, 11) is 0. The molecule has 3 heterocycles. The fraction of sp³-hybridized carbons (Fsp3) is 0.429. The summed E-state index contributed by atoms with van der Waals surface area (Å²) >= 11 is 1.61. The van der Waals surface area contributed by atoms with Crippen molar-refractivity contribution in [3.8, 4) is 0 Å². The lowest BCUT2D eigenvalue weighted by Gasteiger charge is -2.40. The van der Waals surface area contributed by atoms with Crippen molar-refractivity contribution in [2.45, 2.75) is 44.9 Å². The van der Waals surface area contributed by atoms with Crippen molar-refractivity contribution >= 4 is 27.5 Å². The van der Waals surface area contributed by atoms with E-state index in [-0.39, 0.29) is 16.9 Å². The molecule has 5 rings (SSSR count). The van der Waals surface area contributed by atoms with Crippen LogP contribution in [0.15, 0.2) is 23.0 Å². The second-order valence-electron chi connectivity index (χ2n) is 8.00. The number of thiazole rings is 1. The lowest BCUT2D eigenvalue weighted by atomic mass is 9.77. The van der Waals surface area contributed by atoms with Gasteiger partial charge in [-0.25, -0.2) is 9.97 Å². The highest BCUT2D eigenvalue weighted by molar-refractivity contribution is 7.18. The Labute approximate surface area is 166 Å². The van der Waals surface area contributed by atoms with Crippen LogP contribution in [0.25, 0.3) is 10.2 Å². The van der Waals surface area contributed by atoms with Gasteiger partial charge >= 0.3 is 0 Å². The number of H-pyrrole nitrogens is 1. The summed E-state index contributed by atoms with van der Waals surface area (Å²) in [5.74, 6) is 0.710. The summed E-state index contributed by atoms with van der Waals surface area (Å²) in [5, 5.41) is 1.01. The fourth-order valence-corrected chi connectivity index (χ4v) is 5.69. The summed E-state index contributed by atoms with van der Waals surface area (Å²) in [5.41, 5.74) is 3.17. The van der Waals surface area contributed by atoms with Crippen LogP contribution in [0.5, 0.6) is 0 Å². The average Bonchev–Trinajstić information content (AvgIpc) is 3.21. The maximum atomic E-state index is 13.3. The number of aryl methyl sites for hydroxylation is 2. The Kier molecular flexibility index (Phi) is 3.91. The van der Waals surface area contributed by atoms with Crippen LogP contribution < -0.4 is 5.56 Å². The second kappa shape index (κ2) is 6.24. The zero-order valence-corrected chi connectivity index (χ0v) is 16.9. The average molecular weight is 395 g/mol. The molecule has 1 aliphatic heterocycles. The van der Waals surface area contributed by atoms with Crippen LogP contribution in [0, 0.1) is 13.8 Å². The molecule has 1 aliphatic carbocycles. The van der Waals surface area contributed by atoms with Gasteiger partial charge in [0.1, 0.15) is 5.82 Å². The van der Waals surface area contributed by atoms with Gasteiger partial charge in [-0.3, -0.25) is 9.59 Å². The van der Waals surface area contributed by atoms with Crippen LogP contribution >= 0.6 is 11.3 Å². The van der Waals surface area contributed by atoms with Gasteiger partial charge in [0.05, 0.1) is 20.9 Å². The number of aromatic amines is 1. The van der Waals surface area contributed by atoms with Gasteiger partial charge in [-0.15, -0.1) is 11.3 Å². The number of likely N-dealkylation sites (tertiary alicyclic amines) is 1. The number of amides is 1. The van der Waals surface area contributed by atoms with Gasteiger partial charge in [0.2, 0.25) is 0 Å². The topological polar surface area (TPSA) is 79.0 Å². The Morgan fingerprint density at radius 1 is 1.25 bits per heavy atom. The number of nitrogens with one attached hydrogen (secondary N) is 1. The smallest absolute Gasteiger partial charge is 0.254 e. The van der Waals surface area contributed by atoms with Crippen LogP contribution in [-0.4, -0.2) is 38.8 Å². The minimum Gasteiger partial charge on any atom is -0.338 e.